The number of rotatable bonds is 5. The molecule has 0 saturated carbocycles. The van der Waals surface area contributed by atoms with E-state index in [0.29, 0.717) is 11.2 Å². The molecule has 2 atom stereocenters. The van der Waals surface area contributed by atoms with Gasteiger partial charge in [0.05, 0.1) is 19.3 Å². The van der Waals surface area contributed by atoms with Crippen molar-refractivity contribution in [3.63, 3.8) is 0 Å². The lowest BCUT2D eigenvalue weighted by Crippen LogP contribution is -3.15. The molecule has 1 heterocycles. The van der Waals surface area contributed by atoms with E-state index in [0.717, 1.165) is 32.0 Å². The summed E-state index contributed by atoms with van der Waals surface area (Å²) in [7, 11) is 0. The molecule has 1 aliphatic heterocycles. The second-order valence-electron chi connectivity index (χ2n) is 7.29. The van der Waals surface area contributed by atoms with Crippen molar-refractivity contribution in [3.05, 3.63) is 65.2 Å². The second-order valence-corrected chi connectivity index (χ2v) is 7.70. The number of morpholine rings is 1. The van der Waals surface area contributed by atoms with Gasteiger partial charge in [0, 0.05) is 11.3 Å². The molecule has 2 aromatic carbocycles. The van der Waals surface area contributed by atoms with Gasteiger partial charge in [0.2, 0.25) is 0 Å². The normalized spacial score (nSPS) is 17.1. The minimum atomic E-state index is 0.200. The van der Waals surface area contributed by atoms with Crippen LogP contribution in [0.3, 0.4) is 0 Å². The van der Waals surface area contributed by atoms with Crippen molar-refractivity contribution in [3.8, 4) is 0 Å². The van der Waals surface area contributed by atoms with Gasteiger partial charge in [-0.05, 0) is 50.2 Å². The molecule has 5 heteroatoms. The first-order valence-corrected chi connectivity index (χ1v) is 10.1. The number of quaternary nitrogens is 1. The minimum Gasteiger partial charge on any atom is -0.370 e. The van der Waals surface area contributed by atoms with Crippen molar-refractivity contribution < 1.29 is 9.64 Å². The van der Waals surface area contributed by atoms with Gasteiger partial charge in [-0.25, -0.2) is 0 Å². The fourth-order valence-electron chi connectivity index (χ4n) is 3.82. The number of nitrogens with one attached hydrogen (secondary N) is 3. The molecular formula is C22H30N3OS+. The van der Waals surface area contributed by atoms with E-state index >= 15 is 0 Å². The van der Waals surface area contributed by atoms with Crippen LogP contribution in [0.1, 0.15) is 29.7 Å². The molecule has 3 rings (SSSR count). The molecule has 1 fully saturated rings. The van der Waals surface area contributed by atoms with Gasteiger partial charge in [-0.3, -0.25) is 0 Å². The lowest BCUT2D eigenvalue weighted by Gasteiger charge is -2.36. The Kier molecular flexibility index (Phi) is 6.83. The summed E-state index contributed by atoms with van der Waals surface area (Å²) in [4.78, 5) is 1.54. The number of thiocarbonyl (C=S) groups is 1. The van der Waals surface area contributed by atoms with Gasteiger partial charge in [-0.2, -0.15) is 0 Å². The standard InChI is InChI=1S/C22H29N3OS/c1-16-8-7-11-20(17(16)2)24-22(27)23-18(3)21(19-9-5-4-6-10-19)25-12-14-26-15-13-25/h4-11,18,21H,12-15H2,1-3H3,(H2,23,24,27)/p+1/t18-,21-/m1/s1. The van der Waals surface area contributed by atoms with Gasteiger partial charge in [0.25, 0.3) is 0 Å². The average Bonchev–Trinajstić information content (AvgIpc) is 2.67. The van der Waals surface area contributed by atoms with Gasteiger partial charge >= 0.3 is 0 Å². The summed E-state index contributed by atoms with van der Waals surface area (Å²) in [6.07, 6.45) is 0. The largest absolute Gasteiger partial charge is 0.370 e. The predicted octanol–water partition coefficient (Wildman–Crippen LogP) is 2.63. The Balaban J connectivity index is 1.72. The molecule has 0 aliphatic carbocycles. The third-order valence-corrected chi connectivity index (χ3v) is 5.67. The van der Waals surface area contributed by atoms with E-state index in [4.69, 9.17) is 17.0 Å². The molecular weight excluding hydrogens is 354 g/mol. The van der Waals surface area contributed by atoms with Crippen molar-refractivity contribution in [2.75, 3.05) is 31.6 Å². The quantitative estimate of drug-likeness (QED) is 0.693. The Labute approximate surface area is 167 Å². The van der Waals surface area contributed by atoms with Crippen LogP contribution in [0.2, 0.25) is 0 Å². The van der Waals surface area contributed by atoms with E-state index in [2.05, 4.69) is 79.9 Å². The van der Waals surface area contributed by atoms with Gasteiger partial charge in [0.1, 0.15) is 19.1 Å². The van der Waals surface area contributed by atoms with Crippen molar-refractivity contribution in [1.82, 2.24) is 5.32 Å². The summed E-state index contributed by atoms with van der Waals surface area (Å²) in [6.45, 7) is 10.1. The van der Waals surface area contributed by atoms with Crippen LogP contribution in [-0.4, -0.2) is 37.5 Å². The summed E-state index contributed by atoms with van der Waals surface area (Å²) in [6, 6.07) is 17.5. The number of anilines is 1. The van der Waals surface area contributed by atoms with Crippen molar-refractivity contribution in [2.45, 2.75) is 32.9 Å². The van der Waals surface area contributed by atoms with Crippen LogP contribution in [0.5, 0.6) is 0 Å². The molecule has 0 bridgehead atoms. The molecule has 144 valence electrons. The smallest absolute Gasteiger partial charge is 0.171 e. The van der Waals surface area contributed by atoms with Crippen molar-refractivity contribution >= 4 is 23.0 Å². The monoisotopic (exact) mass is 384 g/mol. The number of ether oxygens (including phenoxy) is 1. The zero-order chi connectivity index (χ0) is 19.2. The molecule has 0 unspecified atom stereocenters. The van der Waals surface area contributed by atoms with Gasteiger partial charge in [-0.1, -0.05) is 42.5 Å². The Hall–Kier alpha value is -1.95. The number of benzene rings is 2. The molecule has 1 saturated heterocycles. The molecule has 0 radical (unpaired) electrons. The lowest BCUT2D eigenvalue weighted by molar-refractivity contribution is -0.940. The Morgan fingerprint density at radius 3 is 2.44 bits per heavy atom. The first kappa shape index (κ1) is 19.8. The van der Waals surface area contributed by atoms with E-state index in [1.807, 2.05) is 0 Å². The van der Waals surface area contributed by atoms with Crippen LogP contribution in [-0.2, 0) is 4.74 Å². The first-order valence-electron chi connectivity index (χ1n) is 9.67. The molecule has 4 nitrogen and oxygen atoms in total. The maximum absolute atomic E-state index is 5.63. The molecule has 1 aliphatic rings. The Morgan fingerprint density at radius 1 is 1.04 bits per heavy atom. The maximum Gasteiger partial charge on any atom is 0.171 e. The molecule has 0 aromatic heterocycles. The molecule has 27 heavy (non-hydrogen) atoms. The summed E-state index contributed by atoms with van der Waals surface area (Å²) < 4.78 is 5.57. The first-order chi connectivity index (χ1) is 13.1. The Morgan fingerprint density at radius 2 is 1.74 bits per heavy atom. The Bertz CT molecular complexity index is 759. The summed E-state index contributed by atoms with van der Waals surface area (Å²) in [5.74, 6) is 0. The van der Waals surface area contributed by atoms with Crippen LogP contribution in [0.15, 0.2) is 48.5 Å². The minimum absolute atomic E-state index is 0.200. The number of hydrogen-bond acceptors (Lipinski definition) is 2. The summed E-state index contributed by atoms with van der Waals surface area (Å²) >= 11 is 5.63. The van der Waals surface area contributed by atoms with Gasteiger partial charge in [-0.15, -0.1) is 0 Å². The highest BCUT2D eigenvalue weighted by molar-refractivity contribution is 7.80. The van der Waals surface area contributed by atoms with E-state index in [9.17, 15) is 0 Å². The highest BCUT2D eigenvalue weighted by Gasteiger charge is 2.31. The maximum atomic E-state index is 5.63. The molecule has 3 N–H and O–H groups in total. The van der Waals surface area contributed by atoms with Crippen LogP contribution >= 0.6 is 12.2 Å². The van der Waals surface area contributed by atoms with E-state index < -0.39 is 0 Å². The average molecular weight is 385 g/mol. The molecule has 0 spiro atoms. The fourth-order valence-corrected chi connectivity index (χ4v) is 4.11. The van der Waals surface area contributed by atoms with Gasteiger partial charge in [0.15, 0.2) is 5.11 Å². The highest BCUT2D eigenvalue weighted by atomic mass is 32.1. The molecule has 2 aromatic rings. The summed E-state index contributed by atoms with van der Waals surface area (Å²) in [5, 5.41) is 7.58. The third kappa shape index (κ3) is 5.06. The molecule has 0 amide bonds. The summed E-state index contributed by atoms with van der Waals surface area (Å²) in [5.41, 5.74) is 4.89. The number of aryl methyl sites for hydroxylation is 1. The fraction of sp³-hybridized carbons (Fsp3) is 0.409. The van der Waals surface area contributed by atoms with Gasteiger partial charge < -0.3 is 20.3 Å². The zero-order valence-corrected chi connectivity index (χ0v) is 17.2. The van der Waals surface area contributed by atoms with E-state index in [1.54, 1.807) is 4.90 Å². The van der Waals surface area contributed by atoms with E-state index in [-0.39, 0.29) is 6.04 Å². The van der Waals surface area contributed by atoms with Crippen LogP contribution in [0.4, 0.5) is 5.69 Å². The predicted molar refractivity (Wildman–Crippen MR) is 115 cm³/mol. The van der Waals surface area contributed by atoms with Crippen LogP contribution < -0.4 is 15.5 Å². The number of hydrogen-bond donors (Lipinski definition) is 3. The van der Waals surface area contributed by atoms with Crippen molar-refractivity contribution in [2.24, 2.45) is 0 Å². The topological polar surface area (TPSA) is 37.7 Å². The van der Waals surface area contributed by atoms with E-state index in [1.165, 1.54) is 16.7 Å². The SMILES string of the molecule is Cc1cccc(NC(=S)N[C@H](C)[C@H](c2ccccc2)[NH+]2CCOCC2)c1C. The zero-order valence-electron chi connectivity index (χ0n) is 16.4. The third-order valence-electron chi connectivity index (χ3n) is 5.45. The van der Waals surface area contributed by atoms with Crippen LogP contribution in [0, 0.1) is 13.8 Å². The van der Waals surface area contributed by atoms with Crippen LogP contribution in [0.25, 0.3) is 0 Å². The van der Waals surface area contributed by atoms with Crippen molar-refractivity contribution in [1.29, 1.82) is 0 Å². The highest BCUT2D eigenvalue weighted by Crippen LogP contribution is 2.18. The lowest BCUT2D eigenvalue weighted by atomic mass is 9.98. The second kappa shape index (κ2) is 9.31.